The van der Waals surface area contributed by atoms with Gasteiger partial charge in [0.25, 0.3) is 0 Å². The van der Waals surface area contributed by atoms with Crippen molar-refractivity contribution in [3.05, 3.63) is 11.1 Å². The molecule has 0 saturated carbocycles. The molecule has 0 atom stereocenters. The summed E-state index contributed by atoms with van der Waals surface area (Å²) in [6, 6.07) is -0.267. The van der Waals surface area contributed by atoms with E-state index < -0.39 is 0 Å². The number of aromatic nitrogens is 1. The Morgan fingerprint density at radius 2 is 2.00 bits per heavy atom. The SMILES string of the molecule is Cc1csc(N2CCN(CCN3C(=O)CNC3=O)CC2)n1. The molecule has 8 heteroatoms. The molecule has 0 aromatic carbocycles. The lowest BCUT2D eigenvalue weighted by Gasteiger charge is -2.35. The molecule has 0 bridgehead atoms. The van der Waals surface area contributed by atoms with E-state index in [9.17, 15) is 9.59 Å². The molecule has 1 aromatic heterocycles. The molecule has 0 spiro atoms. The molecule has 0 unspecified atom stereocenters. The first-order valence-electron chi connectivity index (χ1n) is 7.11. The molecule has 3 heterocycles. The van der Waals surface area contributed by atoms with E-state index in [-0.39, 0.29) is 18.5 Å². The van der Waals surface area contributed by atoms with Crippen molar-refractivity contribution in [3.63, 3.8) is 0 Å². The van der Waals surface area contributed by atoms with E-state index >= 15 is 0 Å². The van der Waals surface area contributed by atoms with E-state index in [0.29, 0.717) is 6.54 Å². The van der Waals surface area contributed by atoms with Crippen LogP contribution in [0.2, 0.25) is 0 Å². The van der Waals surface area contributed by atoms with Gasteiger partial charge in [0.05, 0.1) is 12.2 Å². The monoisotopic (exact) mass is 309 g/mol. The second-order valence-corrected chi connectivity index (χ2v) is 6.14. The van der Waals surface area contributed by atoms with Crippen molar-refractivity contribution in [1.82, 2.24) is 20.1 Å². The Kier molecular flexibility index (Phi) is 4.07. The van der Waals surface area contributed by atoms with Gasteiger partial charge in [0.15, 0.2) is 5.13 Å². The number of aryl methyl sites for hydroxylation is 1. The number of piperazine rings is 1. The molecule has 1 N–H and O–H groups in total. The molecule has 0 aliphatic carbocycles. The topological polar surface area (TPSA) is 68.8 Å². The van der Waals surface area contributed by atoms with Gasteiger partial charge in [-0.1, -0.05) is 0 Å². The standard InChI is InChI=1S/C13H19N5O2S/c1-10-9-21-13(15-10)17-5-2-16(3-6-17)4-7-18-11(19)8-14-12(18)20/h9H,2-8H2,1H3,(H,14,20). The zero-order chi connectivity index (χ0) is 14.8. The van der Waals surface area contributed by atoms with Crippen molar-refractivity contribution < 1.29 is 9.59 Å². The van der Waals surface area contributed by atoms with Crippen molar-refractivity contribution in [2.75, 3.05) is 50.7 Å². The van der Waals surface area contributed by atoms with Crippen molar-refractivity contribution in [3.8, 4) is 0 Å². The van der Waals surface area contributed by atoms with Crippen LogP contribution < -0.4 is 10.2 Å². The fourth-order valence-corrected chi connectivity index (χ4v) is 3.43. The number of imide groups is 1. The second-order valence-electron chi connectivity index (χ2n) is 5.30. The third kappa shape index (κ3) is 3.16. The number of hydrogen-bond donors (Lipinski definition) is 1. The van der Waals surface area contributed by atoms with Crippen LogP contribution in [0.1, 0.15) is 5.69 Å². The number of amides is 3. The quantitative estimate of drug-likeness (QED) is 0.801. The fourth-order valence-electron chi connectivity index (χ4n) is 2.57. The minimum absolute atomic E-state index is 0.128. The minimum Gasteiger partial charge on any atom is -0.346 e. The van der Waals surface area contributed by atoms with Gasteiger partial charge < -0.3 is 10.2 Å². The Labute approximate surface area is 127 Å². The van der Waals surface area contributed by atoms with Crippen LogP contribution in [0.15, 0.2) is 5.38 Å². The number of anilines is 1. The molecule has 0 radical (unpaired) electrons. The molecule has 3 amide bonds. The van der Waals surface area contributed by atoms with Crippen molar-refractivity contribution >= 4 is 28.4 Å². The number of urea groups is 1. The molecule has 3 rings (SSSR count). The zero-order valence-corrected chi connectivity index (χ0v) is 12.9. The molecule has 21 heavy (non-hydrogen) atoms. The molecule has 2 aliphatic heterocycles. The molecule has 2 fully saturated rings. The Bertz CT molecular complexity index is 522. The van der Waals surface area contributed by atoms with Crippen molar-refractivity contribution in [1.29, 1.82) is 0 Å². The molecular formula is C13H19N5O2S. The number of hydrogen-bond acceptors (Lipinski definition) is 6. The fraction of sp³-hybridized carbons (Fsp3) is 0.615. The Morgan fingerprint density at radius 3 is 2.57 bits per heavy atom. The van der Waals surface area contributed by atoms with Gasteiger partial charge in [0.1, 0.15) is 0 Å². The maximum atomic E-state index is 11.5. The van der Waals surface area contributed by atoms with Crippen LogP contribution >= 0.6 is 11.3 Å². The summed E-state index contributed by atoms with van der Waals surface area (Å²) in [4.78, 5) is 33.4. The van der Waals surface area contributed by atoms with Crippen LogP contribution in [0, 0.1) is 6.92 Å². The highest BCUT2D eigenvalue weighted by atomic mass is 32.1. The predicted octanol–water partition coefficient (Wildman–Crippen LogP) is 0.125. The van der Waals surface area contributed by atoms with E-state index in [1.54, 1.807) is 11.3 Å². The van der Waals surface area contributed by atoms with Gasteiger partial charge in [-0.2, -0.15) is 0 Å². The predicted molar refractivity (Wildman–Crippen MR) is 80.6 cm³/mol. The molecule has 7 nitrogen and oxygen atoms in total. The zero-order valence-electron chi connectivity index (χ0n) is 12.0. The third-order valence-corrected chi connectivity index (χ3v) is 4.85. The van der Waals surface area contributed by atoms with Gasteiger partial charge in [-0.25, -0.2) is 9.78 Å². The van der Waals surface area contributed by atoms with Gasteiger partial charge in [-0.15, -0.1) is 11.3 Å². The summed E-state index contributed by atoms with van der Waals surface area (Å²) in [6.07, 6.45) is 0. The summed E-state index contributed by atoms with van der Waals surface area (Å²) in [5.41, 5.74) is 1.07. The van der Waals surface area contributed by atoms with Gasteiger partial charge >= 0.3 is 6.03 Å². The average molecular weight is 309 g/mol. The first-order valence-corrected chi connectivity index (χ1v) is 7.99. The molecular weight excluding hydrogens is 290 g/mol. The van der Waals surface area contributed by atoms with Crippen LogP contribution in [0.25, 0.3) is 0 Å². The van der Waals surface area contributed by atoms with Gasteiger partial charge in [-0.05, 0) is 6.92 Å². The lowest BCUT2D eigenvalue weighted by molar-refractivity contribution is -0.125. The summed E-state index contributed by atoms with van der Waals surface area (Å²) in [5.74, 6) is -0.128. The number of rotatable bonds is 4. The van der Waals surface area contributed by atoms with Crippen LogP contribution in [0.5, 0.6) is 0 Å². The van der Waals surface area contributed by atoms with Gasteiger partial charge in [0, 0.05) is 44.6 Å². The van der Waals surface area contributed by atoms with Crippen LogP contribution in [0.4, 0.5) is 9.93 Å². The van der Waals surface area contributed by atoms with E-state index in [1.165, 1.54) is 4.90 Å². The normalized spacial score (nSPS) is 20.2. The average Bonchev–Trinajstić information content (AvgIpc) is 3.05. The molecule has 1 aromatic rings. The summed E-state index contributed by atoms with van der Waals surface area (Å²) in [5, 5.41) is 5.70. The van der Waals surface area contributed by atoms with E-state index in [0.717, 1.165) is 43.5 Å². The summed E-state index contributed by atoms with van der Waals surface area (Å²) in [6.45, 7) is 7.10. The van der Waals surface area contributed by atoms with E-state index in [1.807, 2.05) is 6.92 Å². The van der Waals surface area contributed by atoms with E-state index in [2.05, 4.69) is 25.5 Å². The van der Waals surface area contributed by atoms with Crippen LogP contribution in [-0.2, 0) is 4.79 Å². The van der Waals surface area contributed by atoms with Crippen LogP contribution in [-0.4, -0.2) is 72.5 Å². The Balaban J connectivity index is 1.46. The number of nitrogens with zero attached hydrogens (tertiary/aromatic N) is 4. The smallest absolute Gasteiger partial charge is 0.324 e. The summed E-state index contributed by atoms with van der Waals surface area (Å²) < 4.78 is 0. The Morgan fingerprint density at radius 1 is 1.24 bits per heavy atom. The molecule has 2 saturated heterocycles. The number of nitrogens with one attached hydrogen (secondary N) is 1. The third-order valence-electron chi connectivity index (χ3n) is 3.83. The largest absolute Gasteiger partial charge is 0.346 e. The van der Waals surface area contributed by atoms with Gasteiger partial charge in [0.2, 0.25) is 5.91 Å². The van der Waals surface area contributed by atoms with Gasteiger partial charge in [-0.3, -0.25) is 14.6 Å². The lowest BCUT2D eigenvalue weighted by Crippen LogP contribution is -2.49. The van der Waals surface area contributed by atoms with Crippen LogP contribution in [0.3, 0.4) is 0 Å². The molecule has 2 aliphatic rings. The second kappa shape index (κ2) is 5.98. The van der Waals surface area contributed by atoms with E-state index in [4.69, 9.17) is 0 Å². The highest BCUT2D eigenvalue weighted by Gasteiger charge is 2.29. The number of carbonyl (C=O) groups is 2. The first-order chi connectivity index (χ1) is 10.1. The van der Waals surface area contributed by atoms with Crippen molar-refractivity contribution in [2.24, 2.45) is 0 Å². The maximum Gasteiger partial charge on any atom is 0.324 e. The number of thiazole rings is 1. The summed E-state index contributed by atoms with van der Waals surface area (Å²) in [7, 11) is 0. The summed E-state index contributed by atoms with van der Waals surface area (Å²) >= 11 is 1.68. The Hall–Kier alpha value is -1.67. The van der Waals surface area contributed by atoms with Crippen molar-refractivity contribution in [2.45, 2.75) is 6.92 Å². The maximum absolute atomic E-state index is 11.5. The first kappa shape index (κ1) is 14.3. The highest BCUT2D eigenvalue weighted by molar-refractivity contribution is 7.13. The lowest BCUT2D eigenvalue weighted by atomic mass is 10.3. The number of carbonyl (C=O) groups excluding carboxylic acids is 2. The minimum atomic E-state index is -0.267. The highest BCUT2D eigenvalue weighted by Crippen LogP contribution is 2.21. The molecule has 114 valence electrons.